The van der Waals surface area contributed by atoms with E-state index in [-0.39, 0.29) is 0 Å². The predicted octanol–water partition coefficient (Wildman–Crippen LogP) is -1.19. The highest BCUT2D eigenvalue weighted by molar-refractivity contribution is 7.85. The Bertz CT molecular complexity index is 222. The highest BCUT2D eigenvalue weighted by Crippen LogP contribution is 1.89. The lowest BCUT2D eigenvalue weighted by Gasteiger charge is -2.21. The van der Waals surface area contributed by atoms with Gasteiger partial charge in [0.05, 0.1) is 25.6 Å². The minimum atomic E-state index is -3.92. The molecule has 1 rings (SSSR count). The van der Waals surface area contributed by atoms with Crippen molar-refractivity contribution in [2.75, 3.05) is 45.7 Å². The van der Waals surface area contributed by atoms with Gasteiger partial charge in [-0.25, -0.2) is 0 Å². The number of nitrogens with zero attached hydrogens (tertiary/aromatic N) is 1. The quantitative estimate of drug-likeness (QED) is 0.577. The summed E-state index contributed by atoms with van der Waals surface area (Å²) in [5.74, 6) is -0.576. The van der Waals surface area contributed by atoms with E-state index in [1.54, 1.807) is 0 Å². The van der Waals surface area contributed by atoms with Crippen LogP contribution in [0.25, 0.3) is 0 Å². The first-order chi connectivity index (χ1) is 6.45. The molecule has 0 unspecified atom stereocenters. The Morgan fingerprint density at radius 2 is 1.86 bits per heavy atom. The maximum absolute atomic E-state index is 9.63. The van der Waals surface area contributed by atoms with Gasteiger partial charge >= 0.3 is 0 Å². The van der Waals surface area contributed by atoms with E-state index in [1.165, 1.54) is 0 Å². The summed E-state index contributed by atoms with van der Waals surface area (Å²) in [7, 11) is -1.81. The monoisotopic (exact) mass is 227 g/mol. The van der Waals surface area contributed by atoms with Gasteiger partial charge in [0, 0.05) is 13.1 Å². The highest BCUT2D eigenvalue weighted by atomic mass is 32.2. The standard InChI is InChI=1S/C5H11NO.C2H6O4S/c1-6-2-4-7-5-3-6;3-1-2-7(4,5)6/h2-5H2,1H3;3H,1-2H2,(H,4,5,6). The van der Waals surface area contributed by atoms with Gasteiger partial charge in [-0.05, 0) is 7.05 Å². The van der Waals surface area contributed by atoms with Gasteiger partial charge < -0.3 is 14.7 Å². The van der Waals surface area contributed by atoms with E-state index < -0.39 is 22.5 Å². The smallest absolute Gasteiger partial charge is 0.267 e. The Morgan fingerprint density at radius 3 is 2.00 bits per heavy atom. The molecular weight excluding hydrogens is 210 g/mol. The van der Waals surface area contributed by atoms with Gasteiger partial charge in [0.25, 0.3) is 10.1 Å². The maximum Gasteiger partial charge on any atom is 0.267 e. The van der Waals surface area contributed by atoms with Crippen LogP contribution in [0, 0.1) is 0 Å². The summed E-state index contributed by atoms with van der Waals surface area (Å²) in [5.41, 5.74) is 0. The molecule has 0 aliphatic carbocycles. The van der Waals surface area contributed by atoms with Crippen LogP contribution in [0.4, 0.5) is 0 Å². The van der Waals surface area contributed by atoms with Crippen LogP contribution in [0.3, 0.4) is 0 Å². The molecule has 1 saturated heterocycles. The van der Waals surface area contributed by atoms with E-state index in [0.717, 1.165) is 26.3 Å². The average molecular weight is 227 g/mol. The number of aliphatic hydroxyl groups is 1. The molecule has 0 bridgehead atoms. The summed E-state index contributed by atoms with van der Waals surface area (Å²) >= 11 is 0. The van der Waals surface area contributed by atoms with Crippen LogP contribution >= 0.6 is 0 Å². The van der Waals surface area contributed by atoms with Crippen LogP contribution in [-0.4, -0.2) is 68.7 Å². The first-order valence-electron chi connectivity index (χ1n) is 4.28. The molecule has 0 aromatic carbocycles. The van der Waals surface area contributed by atoms with Crippen molar-refractivity contribution >= 4 is 10.1 Å². The van der Waals surface area contributed by atoms with E-state index in [9.17, 15) is 8.42 Å². The topological polar surface area (TPSA) is 87.1 Å². The molecule has 1 heterocycles. The van der Waals surface area contributed by atoms with E-state index in [0.29, 0.717) is 0 Å². The van der Waals surface area contributed by atoms with Crippen molar-refractivity contribution in [1.29, 1.82) is 0 Å². The molecule has 14 heavy (non-hydrogen) atoms. The molecule has 86 valence electrons. The Kier molecular flexibility index (Phi) is 7.02. The van der Waals surface area contributed by atoms with Gasteiger partial charge in [0.2, 0.25) is 0 Å². The van der Waals surface area contributed by atoms with Crippen LogP contribution in [0.15, 0.2) is 0 Å². The first-order valence-corrected chi connectivity index (χ1v) is 5.89. The molecule has 0 amide bonds. The number of hydrogen-bond acceptors (Lipinski definition) is 5. The van der Waals surface area contributed by atoms with Crippen molar-refractivity contribution in [3.8, 4) is 0 Å². The number of aliphatic hydroxyl groups excluding tert-OH is 1. The fourth-order valence-electron chi connectivity index (χ4n) is 0.770. The van der Waals surface area contributed by atoms with Crippen LogP contribution in [0.5, 0.6) is 0 Å². The minimum absolute atomic E-state index is 0.529. The number of hydrogen-bond donors (Lipinski definition) is 2. The second-order valence-corrected chi connectivity index (χ2v) is 4.50. The number of morpholine rings is 1. The molecule has 7 heteroatoms. The van der Waals surface area contributed by atoms with Crippen LogP contribution in [0.1, 0.15) is 0 Å². The predicted molar refractivity (Wildman–Crippen MR) is 51.8 cm³/mol. The SMILES string of the molecule is CN1CCOCC1.O=S(=O)(O)CCO. The molecular formula is C7H17NO5S. The lowest BCUT2D eigenvalue weighted by Crippen LogP contribution is -2.32. The fourth-order valence-corrected chi connectivity index (χ4v) is 1.00. The summed E-state index contributed by atoms with van der Waals surface area (Å²) < 4.78 is 32.2. The maximum atomic E-state index is 9.63. The third-order valence-corrected chi connectivity index (χ3v) is 2.28. The fraction of sp³-hybridized carbons (Fsp3) is 1.00. The Hall–Kier alpha value is -0.210. The van der Waals surface area contributed by atoms with Crippen molar-refractivity contribution < 1.29 is 22.8 Å². The van der Waals surface area contributed by atoms with Gasteiger partial charge in [0.15, 0.2) is 0 Å². The van der Waals surface area contributed by atoms with E-state index in [4.69, 9.17) is 14.4 Å². The second kappa shape index (κ2) is 7.13. The molecule has 0 aromatic rings. The molecule has 0 aromatic heterocycles. The Morgan fingerprint density at radius 1 is 1.36 bits per heavy atom. The summed E-state index contributed by atoms with van der Waals surface area (Å²) in [4.78, 5) is 2.27. The lowest BCUT2D eigenvalue weighted by atomic mass is 10.5. The van der Waals surface area contributed by atoms with Gasteiger partial charge in [0.1, 0.15) is 0 Å². The zero-order valence-corrected chi connectivity index (χ0v) is 9.03. The first kappa shape index (κ1) is 13.8. The summed E-state index contributed by atoms with van der Waals surface area (Å²) in [6, 6.07) is 0. The van der Waals surface area contributed by atoms with Crippen molar-refractivity contribution in [3.63, 3.8) is 0 Å². The molecule has 2 N–H and O–H groups in total. The molecule has 0 atom stereocenters. The average Bonchev–Trinajstić information content (AvgIpc) is 2.04. The summed E-state index contributed by atoms with van der Waals surface area (Å²) in [6.07, 6.45) is 0. The zero-order chi connectivity index (χ0) is 11.0. The Balaban J connectivity index is 0.000000241. The largest absolute Gasteiger partial charge is 0.395 e. The van der Waals surface area contributed by atoms with Crippen LogP contribution < -0.4 is 0 Å². The van der Waals surface area contributed by atoms with Gasteiger partial charge in [-0.3, -0.25) is 4.55 Å². The normalized spacial score (nSPS) is 18.5. The van der Waals surface area contributed by atoms with Crippen LogP contribution in [-0.2, 0) is 14.9 Å². The van der Waals surface area contributed by atoms with Crippen molar-refractivity contribution in [3.05, 3.63) is 0 Å². The van der Waals surface area contributed by atoms with Crippen molar-refractivity contribution in [2.24, 2.45) is 0 Å². The van der Waals surface area contributed by atoms with Crippen molar-refractivity contribution in [1.82, 2.24) is 4.90 Å². The molecule has 0 saturated carbocycles. The highest BCUT2D eigenvalue weighted by Gasteiger charge is 2.02. The number of likely N-dealkylation sites (N-methyl/N-ethyl adjacent to an activating group) is 1. The number of ether oxygens (including phenoxy) is 1. The molecule has 0 spiro atoms. The Labute approximate surface area is 84.2 Å². The molecule has 0 radical (unpaired) electrons. The molecule has 1 aliphatic rings. The van der Waals surface area contributed by atoms with E-state index in [2.05, 4.69) is 11.9 Å². The third kappa shape index (κ3) is 9.87. The molecule has 1 aliphatic heterocycles. The third-order valence-electron chi connectivity index (χ3n) is 1.58. The van der Waals surface area contributed by atoms with E-state index >= 15 is 0 Å². The summed E-state index contributed by atoms with van der Waals surface area (Å²) in [5, 5.41) is 7.86. The van der Waals surface area contributed by atoms with Gasteiger partial charge in [-0.2, -0.15) is 8.42 Å². The van der Waals surface area contributed by atoms with Gasteiger partial charge in [-0.1, -0.05) is 0 Å². The van der Waals surface area contributed by atoms with Crippen molar-refractivity contribution in [2.45, 2.75) is 0 Å². The number of rotatable bonds is 2. The minimum Gasteiger partial charge on any atom is -0.395 e. The molecule has 1 fully saturated rings. The zero-order valence-electron chi connectivity index (χ0n) is 8.22. The van der Waals surface area contributed by atoms with Gasteiger partial charge in [-0.15, -0.1) is 0 Å². The van der Waals surface area contributed by atoms with Crippen LogP contribution in [0.2, 0.25) is 0 Å². The summed E-state index contributed by atoms with van der Waals surface area (Å²) in [6.45, 7) is 3.49. The van der Waals surface area contributed by atoms with E-state index in [1.807, 2.05) is 0 Å². The molecule has 6 nitrogen and oxygen atoms in total. The second-order valence-electron chi connectivity index (χ2n) is 2.93. The lowest BCUT2D eigenvalue weighted by molar-refractivity contribution is 0.0503.